The van der Waals surface area contributed by atoms with Crippen molar-refractivity contribution in [3.63, 3.8) is 0 Å². The Kier molecular flexibility index (Phi) is 6.64. The molecular weight excluding hydrogens is 198 g/mol. The average molecular weight is 217 g/mol. The number of nitrogens with one attached hydrogen (secondary N) is 1. The predicted molar refractivity (Wildman–Crippen MR) is 56.5 cm³/mol. The Morgan fingerprint density at radius 3 is 2.53 bits per heavy atom. The molecule has 88 valence electrons. The van der Waals surface area contributed by atoms with Crippen LogP contribution in [0.4, 0.5) is 4.79 Å². The molecule has 0 saturated carbocycles. The van der Waals surface area contributed by atoms with E-state index in [-0.39, 0.29) is 6.17 Å². The van der Waals surface area contributed by atoms with Crippen LogP contribution in [0.2, 0.25) is 0 Å². The minimum atomic E-state index is -1.05. The summed E-state index contributed by atoms with van der Waals surface area (Å²) in [6.07, 6.45) is 1.35. The maximum atomic E-state index is 10.4. The highest BCUT2D eigenvalue weighted by molar-refractivity contribution is 5.64. The summed E-state index contributed by atoms with van der Waals surface area (Å²) < 4.78 is 0. The smallest absolute Gasteiger partial charge is 0.405 e. The fourth-order valence-electron chi connectivity index (χ4n) is 1.22. The van der Waals surface area contributed by atoms with E-state index in [2.05, 4.69) is 5.32 Å². The number of hydrogen-bond donors (Lipinski definition) is 3. The Morgan fingerprint density at radius 1 is 1.53 bits per heavy atom. The summed E-state index contributed by atoms with van der Waals surface area (Å²) in [5.41, 5.74) is 5.42. The number of carbonyl (C=O) groups excluding carboxylic acids is 1. The molecule has 4 N–H and O–H groups in total. The van der Waals surface area contributed by atoms with E-state index in [1.807, 2.05) is 0 Å². The van der Waals surface area contributed by atoms with E-state index >= 15 is 0 Å². The summed E-state index contributed by atoms with van der Waals surface area (Å²) in [6.45, 7) is 0. The highest BCUT2D eigenvalue weighted by atomic mass is 16.4. The maximum absolute atomic E-state index is 10.4. The quantitative estimate of drug-likeness (QED) is 0.407. The van der Waals surface area contributed by atoms with Crippen molar-refractivity contribution in [2.24, 2.45) is 5.73 Å². The van der Waals surface area contributed by atoms with Crippen LogP contribution in [0.5, 0.6) is 0 Å². The van der Waals surface area contributed by atoms with E-state index in [4.69, 9.17) is 10.8 Å². The van der Waals surface area contributed by atoms with Gasteiger partial charge >= 0.3 is 6.09 Å². The van der Waals surface area contributed by atoms with Gasteiger partial charge in [0, 0.05) is 0 Å². The van der Waals surface area contributed by atoms with Crippen molar-refractivity contribution >= 4 is 12.4 Å². The number of carbonyl (C=O) groups is 2. The number of nitrogens with zero attached hydrogens (tertiary/aromatic N) is 1. The number of aldehydes is 1. The van der Waals surface area contributed by atoms with Crippen LogP contribution in [-0.2, 0) is 4.79 Å². The zero-order valence-electron chi connectivity index (χ0n) is 9.14. The number of carboxylic acid groups (broad SMARTS) is 1. The second-order valence-electron chi connectivity index (χ2n) is 3.66. The highest BCUT2D eigenvalue weighted by Gasteiger charge is 2.13. The van der Waals surface area contributed by atoms with Crippen molar-refractivity contribution in [1.82, 2.24) is 10.2 Å². The molecular formula is C9H19N3O3. The fraction of sp³-hybridized carbons (Fsp3) is 0.778. The van der Waals surface area contributed by atoms with Gasteiger partial charge in [0.25, 0.3) is 0 Å². The van der Waals surface area contributed by atoms with Gasteiger partial charge < -0.3 is 21.0 Å². The first-order valence-corrected chi connectivity index (χ1v) is 4.84. The second-order valence-corrected chi connectivity index (χ2v) is 3.66. The molecule has 0 aliphatic rings. The van der Waals surface area contributed by atoms with Crippen LogP contribution in [0.3, 0.4) is 0 Å². The zero-order valence-corrected chi connectivity index (χ0v) is 9.14. The molecule has 0 saturated heterocycles. The minimum absolute atomic E-state index is 0.235. The summed E-state index contributed by atoms with van der Waals surface area (Å²) in [5, 5.41) is 11.0. The lowest BCUT2D eigenvalue weighted by Crippen LogP contribution is -2.44. The van der Waals surface area contributed by atoms with Crippen molar-refractivity contribution in [2.45, 2.75) is 31.5 Å². The monoisotopic (exact) mass is 217 g/mol. The molecule has 0 rings (SSSR count). The lowest BCUT2D eigenvalue weighted by molar-refractivity contribution is -0.109. The van der Waals surface area contributed by atoms with Crippen molar-refractivity contribution in [3.8, 4) is 0 Å². The third kappa shape index (κ3) is 6.87. The molecule has 1 amide bonds. The van der Waals surface area contributed by atoms with E-state index < -0.39 is 12.1 Å². The SMILES string of the molecule is CN(C)C(CCCC(N)C=O)NC(=O)O. The van der Waals surface area contributed by atoms with Gasteiger partial charge in [0.2, 0.25) is 0 Å². The molecule has 0 aromatic carbocycles. The number of amides is 1. The van der Waals surface area contributed by atoms with E-state index in [1.54, 1.807) is 19.0 Å². The molecule has 6 nitrogen and oxygen atoms in total. The second kappa shape index (κ2) is 7.19. The number of hydrogen-bond acceptors (Lipinski definition) is 4. The average Bonchev–Trinajstić information content (AvgIpc) is 2.15. The lowest BCUT2D eigenvalue weighted by Gasteiger charge is -2.24. The molecule has 2 unspecified atom stereocenters. The Hall–Kier alpha value is -1.14. The first kappa shape index (κ1) is 13.9. The van der Waals surface area contributed by atoms with Gasteiger partial charge in [-0.1, -0.05) is 0 Å². The summed E-state index contributed by atoms with van der Waals surface area (Å²) in [5.74, 6) is 0. The Morgan fingerprint density at radius 2 is 2.13 bits per heavy atom. The molecule has 0 heterocycles. The van der Waals surface area contributed by atoms with Crippen molar-refractivity contribution in [1.29, 1.82) is 0 Å². The third-order valence-corrected chi connectivity index (χ3v) is 2.10. The fourth-order valence-corrected chi connectivity index (χ4v) is 1.22. The van der Waals surface area contributed by atoms with E-state index in [0.717, 1.165) is 0 Å². The summed E-state index contributed by atoms with van der Waals surface area (Å²) in [7, 11) is 3.58. The van der Waals surface area contributed by atoms with Crippen LogP contribution in [-0.4, -0.2) is 48.7 Å². The summed E-state index contributed by atoms with van der Waals surface area (Å²) in [6, 6.07) is -0.447. The Balaban J connectivity index is 3.86. The van der Waals surface area contributed by atoms with Gasteiger partial charge in [-0.05, 0) is 33.4 Å². The first-order chi connectivity index (χ1) is 6.97. The normalized spacial score (nSPS) is 14.7. The van der Waals surface area contributed by atoms with Crippen LogP contribution >= 0.6 is 0 Å². The zero-order chi connectivity index (χ0) is 11.8. The van der Waals surface area contributed by atoms with Gasteiger partial charge in [0.1, 0.15) is 6.29 Å². The maximum Gasteiger partial charge on any atom is 0.405 e. The number of rotatable bonds is 7. The molecule has 2 atom stereocenters. The molecule has 0 bridgehead atoms. The molecule has 0 aliphatic carbocycles. The van der Waals surface area contributed by atoms with Crippen LogP contribution in [0.25, 0.3) is 0 Å². The molecule has 15 heavy (non-hydrogen) atoms. The Labute approximate surface area is 89.4 Å². The van der Waals surface area contributed by atoms with Gasteiger partial charge in [-0.15, -0.1) is 0 Å². The molecule has 0 aromatic rings. The van der Waals surface area contributed by atoms with Crippen molar-refractivity contribution in [2.75, 3.05) is 14.1 Å². The predicted octanol–water partition coefficient (Wildman–Crippen LogP) is -0.162. The lowest BCUT2D eigenvalue weighted by atomic mass is 10.1. The summed E-state index contributed by atoms with van der Waals surface area (Å²) in [4.78, 5) is 22.5. The standard InChI is InChI=1S/C9H19N3O3/c1-12(2)8(11-9(14)15)5-3-4-7(10)6-13/h6-8,11H,3-5,10H2,1-2H3,(H,14,15). The van der Waals surface area contributed by atoms with Gasteiger partial charge in [-0.3, -0.25) is 4.90 Å². The van der Waals surface area contributed by atoms with Crippen molar-refractivity contribution in [3.05, 3.63) is 0 Å². The van der Waals surface area contributed by atoms with Crippen LogP contribution < -0.4 is 11.1 Å². The molecule has 0 aliphatic heterocycles. The van der Waals surface area contributed by atoms with Crippen LogP contribution in [0, 0.1) is 0 Å². The molecule has 0 radical (unpaired) electrons. The molecule has 0 fully saturated rings. The minimum Gasteiger partial charge on any atom is -0.465 e. The first-order valence-electron chi connectivity index (χ1n) is 4.84. The Bertz CT molecular complexity index is 209. The van der Waals surface area contributed by atoms with E-state index in [0.29, 0.717) is 25.5 Å². The van der Waals surface area contributed by atoms with Crippen LogP contribution in [0.15, 0.2) is 0 Å². The van der Waals surface area contributed by atoms with Gasteiger partial charge in [0.05, 0.1) is 12.2 Å². The van der Waals surface area contributed by atoms with Crippen molar-refractivity contribution < 1.29 is 14.7 Å². The largest absolute Gasteiger partial charge is 0.465 e. The van der Waals surface area contributed by atoms with Gasteiger partial charge in [-0.25, -0.2) is 4.79 Å². The summed E-state index contributed by atoms with van der Waals surface area (Å²) >= 11 is 0. The van der Waals surface area contributed by atoms with Gasteiger partial charge in [0.15, 0.2) is 0 Å². The molecule has 0 aromatic heterocycles. The molecule has 0 spiro atoms. The highest BCUT2D eigenvalue weighted by Crippen LogP contribution is 2.04. The van der Waals surface area contributed by atoms with E-state index in [9.17, 15) is 9.59 Å². The third-order valence-electron chi connectivity index (χ3n) is 2.10. The topological polar surface area (TPSA) is 95.7 Å². The van der Waals surface area contributed by atoms with E-state index in [1.165, 1.54) is 0 Å². The van der Waals surface area contributed by atoms with Gasteiger partial charge in [-0.2, -0.15) is 0 Å². The number of nitrogens with two attached hydrogens (primary N) is 1. The van der Waals surface area contributed by atoms with Crippen LogP contribution in [0.1, 0.15) is 19.3 Å². The molecule has 6 heteroatoms.